The van der Waals surface area contributed by atoms with E-state index in [1.54, 1.807) is 0 Å². The number of benzene rings is 1. The second-order valence-corrected chi connectivity index (χ2v) is 6.97. The Bertz CT molecular complexity index is 566. The molecule has 4 atom stereocenters. The van der Waals surface area contributed by atoms with Gasteiger partial charge < -0.3 is 10.1 Å². The molecule has 1 aromatic rings. The van der Waals surface area contributed by atoms with Crippen LogP contribution < -0.4 is 10.1 Å². The summed E-state index contributed by atoms with van der Waals surface area (Å²) in [6.07, 6.45) is 5.22. The number of ether oxygens (including phenoxy) is 1. The predicted octanol–water partition coefficient (Wildman–Crippen LogP) is 3.80. The van der Waals surface area contributed by atoms with Crippen molar-refractivity contribution in [3.63, 3.8) is 0 Å². The maximum atomic E-state index is 12.9. The lowest BCUT2D eigenvalue weighted by Gasteiger charge is -2.28. The molecule has 4 unspecified atom stereocenters. The van der Waals surface area contributed by atoms with E-state index in [0.717, 1.165) is 11.8 Å². The van der Waals surface area contributed by atoms with Gasteiger partial charge in [0.25, 0.3) is 5.91 Å². The standard InChI is InChI=1S/C17H21ClFNO2/c1-10(14-7-11-2-3-12(14)6-11)20-17(21)9-22-16-5-4-13(19)8-15(16)18/h4-5,8,10-12,14H,2-3,6-7,9H2,1H3,(H,20,21). The van der Waals surface area contributed by atoms with Crippen LogP contribution in [0, 0.1) is 23.6 Å². The van der Waals surface area contributed by atoms with Gasteiger partial charge in [-0.1, -0.05) is 18.0 Å². The number of amides is 1. The normalized spacial score (nSPS) is 27.7. The number of carbonyl (C=O) groups excluding carboxylic acids is 1. The van der Waals surface area contributed by atoms with E-state index in [-0.39, 0.29) is 23.6 Å². The van der Waals surface area contributed by atoms with Gasteiger partial charge in [0.15, 0.2) is 6.61 Å². The number of fused-ring (bicyclic) bond motifs is 2. The van der Waals surface area contributed by atoms with Gasteiger partial charge in [-0.3, -0.25) is 4.79 Å². The van der Waals surface area contributed by atoms with E-state index in [4.69, 9.17) is 16.3 Å². The van der Waals surface area contributed by atoms with Crippen LogP contribution in [0.25, 0.3) is 0 Å². The molecule has 0 radical (unpaired) electrons. The summed E-state index contributed by atoms with van der Waals surface area (Å²) in [4.78, 5) is 12.0. The van der Waals surface area contributed by atoms with Crippen LogP contribution in [0.15, 0.2) is 18.2 Å². The van der Waals surface area contributed by atoms with Gasteiger partial charge in [0.05, 0.1) is 5.02 Å². The molecule has 1 N–H and O–H groups in total. The Hall–Kier alpha value is -1.29. The van der Waals surface area contributed by atoms with Gasteiger partial charge in [-0.2, -0.15) is 0 Å². The summed E-state index contributed by atoms with van der Waals surface area (Å²) in [5, 5.41) is 3.20. The molecule has 0 saturated heterocycles. The van der Waals surface area contributed by atoms with Crippen molar-refractivity contribution in [3.05, 3.63) is 29.0 Å². The monoisotopic (exact) mass is 325 g/mol. The van der Waals surface area contributed by atoms with E-state index >= 15 is 0 Å². The minimum atomic E-state index is -0.424. The molecule has 2 aliphatic carbocycles. The maximum absolute atomic E-state index is 12.9. The molecular formula is C17H21ClFNO2. The lowest BCUT2D eigenvalue weighted by Crippen LogP contribution is -2.42. The molecule has 1 aromatic carbocycles. The Morgan fingerprint density at radius 1 is 1.45 bits per heavy atom. The van der Waals surface area contributed by atoms with Crippen LogP contribution in [0.3, 0.4) is 0 Å². The van der Waals surface area contributed by atoms with Crippen LogP contribution in [0.4, 0.5) is 4.39 Å². The van der Waals surface area contributed by atoms with E-state index in [1.165, 1.54) is 43.9 Å². The first kappa shape index (κ1) is 15.6. The summed E-state index contributed by atoms with van der Waals surface area (Å²) >= 11 is 5.87. The number of carbonyl (C=O) groups is 1. The second kappa shape index (κ2) is 6.45. The molecule has 5 heteroatoms. The van der Waals surface area contributed by atoms with Gasteiger partial charge in [0.1, 0.15) is 11.6 Å². The largest absolute Gasteiger partial charge is 0.482 e. The van der Waals surface area contributed by atoms with Crippen LogP contribution in [-0.2, 0) is 4.79 Å². The minimum Gasteiger partial charge on any atom is -0.482 e. The first-order chi connectivity index (χ1) is 10.5. The van der Waals surface area contributed by atoms with Crippen LogP contribution in [0.2, 0.25) is 5.02 Å². The zero-order valence-electron chi connectivity index (χ0n) is 12.6. The third kappa shape index (κ3) is 3.37. The maximum Gasteiger partial charge on any atom is 0.258 e. The molecule has 120 valence electrons. The van der Waals surface area contributed by atoms with Crippen molar-refractivity contribution in [1.29, 1.82) is 0 Å². The van der Waals surface area contributed by atoms with Crippen LogP contribution >= 0.6 is 11.6 Å². The van der Waals surface area contributed by atoms with Crippen molar-refractivity contribution in [1.82, 2.24) is 5.32 Å². The quantitative estimate of drug-likeness (QED) is 0.894. The highest BCUT2D eigenvalue weighted by atomic mass is 35.5. The fourth-order valence-corrected chi connectivity index (χ4v) is 4.27. The summed E-state index contributed by atoms with van der Waals surface area (Å²) < 4.78 is 18.3. The fourth-order valence-electron chi connectivity index (χ4n) is 4.04. The van der Waals surface area contributed by atoms with E-state index in [1.807, 2.05) is 0 Å². The van der Waals surface area contributed by atoms with Crippen LogP contribution in [-0.4, -0.2) is 18.6 Å². The molecule has 2 fully saturated rings. The van der Waals surface area contributed by atoms with Gasteiger partial charge in [-0.15, -0.1) is 0 Å². The highest BCUT2D eigenvalue weighted by Gasteiger charge is 2.42. The Kier molecular flexibility index (Phi) is 4.57. The zero-order chi connectivity index (χ0) is 15.7. The van der Waals surface area contributed by atoms with E-state index in [9.17, 15) is 9.18 Å². The predicted molar refractivity (Wildman–Crippen MR) is 83.4 cm³/mol. The van der Waals surface area contributed by atoms with Gasteiger partial charge in [-0.25, -0.2) is 4.39 Å². The van der Waals surface area contributed by atoms with Gasteiger partial charge in [0.2, 0.25) is 0 Å². The Balaban J connectivity index is 1.48. The van der Waals surface area contributed by atoms with Gasteiger partial charge >= 0.3 is 0 Å². The Morgan fingerprint density at radius 3 is 2.91 bits per heavy atom. The number of hydrogen-bond donors (Lipinski definition) is 1. The fraction of sp³-hybridized carbons (Fsp3) is 0.588. The van der Waals surface area contributed by atoms with Crippen molar-refractivity contribution in [2.45, 2.75) is 38.6 Å². The molecule has 2 saturated carbocycles. The number of hydrogen-bond acceptors (Lipinski definition) is 2. The second-order valence-electron chi connectivity index (χ2n) is 6.56. The van der Waals surface area contributed by atoms with E-state index in [2.05, 4.69) is 12.2 Å². The van der Waals surface area contributed by atoms with Crippen molar-refractivity contribution < 1.29 is 13.9 Å². The number of rotatable bonds is 5. The first-order valence-electron chi connectivity index (χ1n) is 7.90. The molecule has 22 heavy (non-hydrogen) atoms. The van der Waals surface area contributed by atoms with Crippen LogP contribution in [0.1, 0.15) is 32.6 Å². The summed E-state index contributed by atoms with van der Waals surface area (Å²) in [5.41, 5.74) is 0. The molecular weight excluding hydrogens is 305 g/mol. The summed E-state index contributed by atoms with van der Waals surface area (Å²) in [6.45, 7) is 1.98. The lowest BCUT2D eigenvalue weighted by atomic mass is 9.84. The third-order valence-corrected chi connectivity index (χ3v) is 5.37. The highest BCUT2D eigenvalue weighted by Crippen LogP contribution is 2.49. The minimum absolute atomic E-state index is 0.101. The topological polar surface area (TPSA) is 38.3 Å². The van der Waals surface area contributed by atoms with Crippen LogP contribution in [0.5, 0.6) is 5.75 Å². The molecule has 2 aliphatic rings. The molecule has 1 amide bonds. The third-order valence-electron chi connectivity index (χ3n) is 5.08. The number of halogens is 2. The molecule has 0 heterocycles. The highest BCUT2D eigenvalue weighted by molar-refractivity contribution is 6.32. The first-order valence-corrected chi connectivity index (χ1v) is 8.28. The smallest absolute Gasteiger partial charge is 0.258 e. The van der Waals surface area contributed by atoms with Crippen molar-refractivity contribution >= 4 is 17.5 Å². The van der Waals surface area contributed by atoms with Crippen molar-refractivity contribution in [2.75, 3.05) is 6.61 Å². The lowest BCUT2D eigenvalue weighted by molar-refractivity contribution is -0.124. The molecule has 2 bridgehead atoms. The Labute approximate surface area is 135 Å². The molecule has 0 spiro atoms. The molecule has 3 nitrogen and oxygen atoms in total. The zero-order valence-corrected chi connectivity index (χ0v) is 13.4. The van der Waals surface area contributed by atoms with Crippen molar-refractivity contribution in [3.8, 4) is 5.75 Å². The molecule has 0 aromatic heterocycles. The summed E-state index contributed by atoms with van der Waals surface area (Å²) in [7, 11) is 0. The SMILES string of the molecule is CC(NC(=O)COc1ccc(F)cc1Cl)C1CC2CCC1C2. The van der Waals surface area contributed by atoms with Gasteiger partial charge in [0, 0.05) is 6.04 Å². The molecule has 0 aliphatic heterocycles. The van der Waals surface area contributed by atoms with Gasteiger partial charge in [-0.05, 0) is 62.1 Å². The number of nitrogens with one attached hydrogen (secondary N) is 1. The molecule has 3 rings (SSSR count). The summed E-state index contributed by atoms with van der Waals surface area (Å²) in [5.74, 6) is 1.97. The summed E-state index contributed by atoms with van der Waals surface area (Å²) in [6, 6.07) is 4.05. The average Bonchev–Trinajstić information content (AvgIpc) is 3.09. The Morgan fingerprint density at radius 2 is 2.27 bits per heavy atom. The van der Waals surface area contributed by atoms with Crippen molar-refractivity contribution in [2.24, 2.45) is 17.8 Å². The van der Waals surface area contributed by atoms with E-state index < -0.39 is 5.82 Å². The van der Waals surface area contributed by atoms with E-state index in [0.29, 0.717) is 11.7 Å². The average molecular weight is 326 g/mol.